The Bertz CT molecular complexity index is 502. The predicted molar refractivity (Wildman–Crippen MR) is 60.6 cm³/mol. The summed E-state index contributed by atoms with van der Waals surface area (Å²) in [5.41, 5.74) is 3.77. The molecule has 2 aromatic rings. The van der Waals surface area contributed by atoms with Crippen molar-refractivity contribution in [2.75, 3.05) is 6.79 Å². The zero-order chi connectivity index (χ0) is 10.3. The zero-order valence-corrected chi connectivity index (χ0v) is 9.14. The second kappa shape index (κ2) is 3.28. The molecule has 0 radical (unpaired) electrons. The summed E-state index contributed by atoms with van der Waals surface area (Å²) < 4.78 is 10.6. The van der Waals surface area contributed by atoms with Gasteiger partial charge in [-0.25, -0.2) is 0 Å². The van der Waals surface area contributed by atoms with Crippen LogP contribution < -0.4 is 9.47 Å². The summed E-state index contributed by atoms with van der Waals surface area (Å²) in [7, 11) is 0. The van der Waals surface area contributed by atoms with Gasteiger partial charge in [0.25, 0.3) is 0 Å². The molecule has 0 N–H and O–H groups in total. The molecule has 1 aromatic heterocycles. The summed E-state index contributed by atoms with van der Waals surface area (Å²) in [6.45, 7) is 2.46. The Morgan fingerprint density at radius 2 is 2.00 bits per heavy atom. The van der Waals surface area contributed by atoms with Gasteiger partial charge in [-0.3, -0.25) is 0 Å². The van der Waals surface area contributed by atoms with E-state index in [2.05, 4.69) is 23.8 Å². The fourth-order valence-electron chi connectivity index (χ4n) is 1.72. The summed E-state index contributed by atoms with van der Waals surface area (Å²) >= 11 is 1.72. The molecule has 0 unspecified atom stereocenters. The maximum absolute atomic E-state index is 5.36. The lowest BCUT2D eigenvalue weighted by Crippen LogP contribution is -1.92. The molecule has 1 aliphatic heterocycles. The van der Waals surface area contributed by atoms with E-state index in [0.717, 1.165) is 11.5 Å². The van der Waals surface area contributed by atoms with Crippen molar-refractivity contribution in [3.8, 4) is 22.6 Å². The highest BCUT2D eigenvalue weighted by atomic mass is 32.1. The van der Waals surface area contributed by atoms with Crippen LogP contribution in [-0.4, -0.2) is 6.79 Å². The van der Waals surface area contributed by atoms with Gasteiger partial charge >= 0.3 is 0 Å². The standard InChI is InChI=1S/C12H10O2S/c1-8-5-15-6-10(8)9-2-3-11-12(4-9)14-7-13-11/h2-6H,7H2,1H3. The Kier molecular flexibility index (Phi) is 1.92. The number of hydrogen-bond acceptors (Lipinski definition) is 3. The Balaban J connectivity index is 2.11. The topological polar surface area (TPSA) is 18.5 Å². The minimum absolute atomic E-state index is 0.335. The number of benzene rings is 1. The van der Waals surface area contributed by atoms with Gasteiger partial charge in [-0.1, -0.05) is 6.07 Å². The third-order valence-electron chi connectivity index (χ3n) is 2.54. The quantitative estimate of drug-likeness (QED) is 0.729. The van der Waals surface area contributed by atoms with E-state index in [1.807, 2.05) is 12.1 Å². The molecule has 2 heterocycles. The summed E-state index contributed by atoms with van der Waals surface area (Å²) in [6, 6.07) is 6.08. The number of rotatable bonds is 1. The van der Waals surface area contributed by atoms with Crippen molar-refractivity contribution < 1.29 is 9.47 Å². The van der Waals surface area contributed by atoms with Gasteiger partial charge in [-0.05, 0) is 46.5 Å². The van der Waals surface area contributed by atoms with Gasteiger partial charge < -0.3 is 9.47 Å². The number of ether oxygens (including phenoxy) is 2. The lowest BCUT2D eigenvalue weighted by molar-refractivity contribution is 0.174. The third kappa shape index (κ3) is 1.39. The lowest BCUT2D eigenvalue weighted by Gasteiger charge is -2.02. The van der Waals surface area contributed by atoms with Crippen LogP contribution >= 0.6 is 11.3 Å². The smallest absolute Gasteiger partial charge is 0.231 e. The van der Waals surface area contributed by atoms with Gasteiger partial charge in [0.05, 0.1) is 0 Å². The summed E-state index contributed by atoms with van der Waals surface area (Å²) in [5, 5.41) is 4.31. The van der Waals surface area contributed by atoms with Crippen molar-refractivity contribution >= 4 is 11.3 Å². The summed E-state index contributed by atoms with van der Waals surface area (Å²) in [6.07, 6.45) is 0. The summed E-state index contributed by atoms with van der Waals surface area (Å²) in [4.78, 5) is 0. The van der Waals surface area contributed by atoms with Crippen LogP contribution in [0.3, 0.4) is 0 Å². The molecule has 1 aromatic carbocycles. The van der Waals surface area contributed by atoms with Crippen LogP contribution in [0.5, 0.6) is 11.5 Å². The second-order valence-electron chi connectivity index (χ2n) is 3.54. The van der Waals surface area contributed by atoms with Gasteiger partial charge in [0.15, 0.2) is 11.5 Å². The third-order valence-corrected chi connectivity index (χ3v) is 3.40. The van der Waals surface area contributed by atoms with Crippen molar-refractivity contribution in [3.05, 3.63) is 34.5 Å². The number of hydrogen-bond donors (Lipinski definition) is 0. The molecule has 0 fully saturated rings. The van der Waals surface area contributed by atoms with Crippen LogP contribution in [0, 0.1) is 6.92 Å². The molecule has 76 valence electrons. The van der Waals surface area contributed by atoms with Gasteiger partial charge in [-0.15, -0.1) is 0 Å². The molecule has 0 amide bonds. The number of fused-ring (bicyclic) bond motifs is 1. The highest BCUT2D eigenvalue weighted by Gasteiger charge is 2.14. The molecule has 0 atom stereocenters. The molecule has 0 aliphatic carbocycles. The van der Waals surface area contributed by atoms with Crippen molar-refractivity contribution in [3.63, 3.8) is 0 Å². The van der Waals surface area contributed by atoms with Gasteiger partial charge in [0, 0.05) is 0 Å². The van der Waals surface area contributed by atoms with E-state index >= 15 is 0 Å². The van der Waals surface area contributed by atoms with Gasteiger partial charge in [-0.2, -0.15) is 11.3 Å². The monoisotopic (exact) mass is 218 g/mol. The first-order valence-electron chi connectivity index (χ1n) is 4.77. The maximum atomic E-state index is 5.36. The highest BCUT2D eigenvalue weighted by Crippen LogP contribution is 2.37. The van der Waals surface area contributed by atoms with E-state index in [0.29, 0.717) is 6.79 Å². The highest BCUT2D eigenvalue weighted by molar-refractivity contribution is 7.08. The molecule has 3 rings (SSSR count). The minimum Gasteiger partial charge on any atom is -0.454 e. The van der Waals surface area contributed by atoms with E-state index in [1.54, 1.807) is 11.3 Å². The SMILES string of the molecule is Cc1cscc1-c1ccc2c(c1)OCO2. The molecule has 0 spiro atoms. The number of thiophene rings is 1. The molecule has 0 saturated heterocycles. The molecule has 15 heavy (non-hydrogen) atoms. The van der Waals surface area contributed by atoms with Crippen LogP contribution in [0.25, 0.3) is 11.1 Å². The number of aryl methyl sites for hydroxylation is 1. The zero-order valence-electron chi connectivity index (χ0n) is 8.32. The minimum atomic E-state index is 0.335. The van der Waals surface area contributed by atoms with Crippen molar-refractivity contribution in [2.45, 2.75) is 6.92 Å². The molecule has 0 bridgehead atoms. The normalized spacial score (nSPS) is 13.1. The van der Waals surface area contributed by atoms with Crippen molar-refractivity contribution in [2.24, 2.45) is 0 Å². The molecular formula is C12H10O2S. The van der Waals surface area contributed by atoms with Crippen LogP contribution in [0.2, 0.25) is 0 Å². The van der Waals surface area contributed by atoms with Gasteiger partial charge in [0.2, 0.25) is 6.79 Å². The van der Waals surface area contributed by atoms with E-state index < -0.39 is 0 Å². The van der Waals surface area contributed by atoms with Crippen molar-refractivity contribution in [1.82, 2.24) is 0 Å². The Labute approximate surface area is 92.1 Å². The molecule has 2 nitrogen and oxygen atoms in total. The first-order valence-corrected chi connectivity index (χ1v) is 5.72. The first kappa shape index (κ1) is 8.80. The largest absolute Gasteiger partial charge is 0.454 e. The van der Waals surface area contributed by atoms with Gasteiger partial charge in [0.1, 0.15) is 0 Å². The fraction of sp³-hybridized carbons (Fsp3) is 0.167. The van der Waals surface area contributed by atoms with E-state index in [9.17, 15) is 0 Å². The average molecular weight is 218 g/mol. The lowest BCUT2D eigenvalue weighted by atomic mass is 10.1. The average Bonchev–Trinajstić information content (AvgIpc) is 2.84. The van der Waals surface area contributed by atoms with Crippen LogP contribution in [0.1, 0.15) is 5.56 Å². The molecular weight excluding hydrogens is 208 g/mol. The Hall–Kier alpha value is -1.48. The van der Waals surface area contributed by atoms with Crippen LogP contribution in [-0.2, 0) is 0 Å². The predicted octanol–water partition coefficient (Wildman–Crippen LogP) is 3.45. The fourth-order valence-corrected chi connectivity index (χ4v) is 2.58. The Morgan fingerprint density at radius 1 is 1.13 bits per heavy atom. The first-order chi connectivity index (χ1) is 7.34. The van der Waals surface area contributed by atoms with Crippen LogP contribution in [0.4, 0.5) is 0 Å². The summed E-state index contributed by atoms with van der Waals surface area (Å²) in [5.74, 6) is 1.68. The van der Waals surface area contributed by atoms with E-state index in [-0.39, 0.29) is 0 Å². The second-order valence-corrected chi connectivity index (χ2v) is 4.28. The molecule has 1 aliphatic rings. The maximum Gasteiger partial charge on any atom is 0.231 e. The van der Waals surface area contributed by atoms with Crippen LogP contribution in [0.15, 0.2) is 29.0 Å². The van der Waals surface area contributed by atoms with E-state index in [1.165, 1.54) is 16.7 Å². The molecule has 0 saturated carbocycles. The van der Waals surface area contributed by atoms with E-state index in [4.69, 9.17) is 9.47 Å². The Morgan fingerprint density at radius 3 is 2.80 bits per heavy atom. The van der Waals surface area contributed by atoms with Crippen molar-refractivity contribution in [1.29, 1.82) is 0 Å². The molecule has 3 heteroatoms.